The second-order valence-corrected chi connectivity index (χ2v) is 9.58. The van der Waals surface area contributed by atoms with E-state index in [1.807, 2.05) is 12.1 Å². The van der Waals surface area contributed by atoms with E-state index in [2.05, 4.69) is 6.07 Å². The van der Waals surface area contributed by atoms with Gasteiger partial charge in [-0.2, -0.15) is 5.26 Å². The Labute approximate surface area is 245 Å². The fourth-order valence-corrected chi connectivity index (χ4v) is 4.61. The molecule has 2 N–H and O–H groups in total. The predicted octanol–water partition coefficient (Wildman–Crippen LogP) is 6.27. The Balaban J connectivity index is 1.42. The number of benzene rings is 4. The molecule has 11 heteroatoms. The lowest BCUT2D eigenvalue weighted by atomic mass is 9.83. The van der Waals surface area contributed by atoms with Crippen LogP contribution in [0.4, 0.5) is 5.69 Å². The molecule has 210 valence electrons. The molecule has 1 unspecified atom stereocenters. The van der Waals surface area contributed by atoms with Crippen LogP contribution in [-0.2, 0) is 6.61 Å². The molecule has 0 radical (unpaired) electrons. The second kappa shape index (κ2) is 11.9. The van der Waals surface area contributed by atoms with E-state index in [1.54, 1.807) is 42.5 Å². The lowest BCUT2D eigenvalue weighted by Crippen LogP contribution is -2.21. The van der Waals surface area contributed by atoms with Gasteiger partial charge in [0.2, 0.25) is 5.88 Å². The number of nitro groups is 1. The molecule has 1 heterocycles. The Morgan fingerprint density at radius 2 is 1.86 bits per heavy atom. The smallest absolute Gasteiger partial charge is 0.343 e. The zero-order valence-electron chi connectivity index (χ0n) is 22.1. The minimum atomic E-state index is -0.786. The van der Waals surface area contributed by atoms with Crippen molar-refractivity contribution in [3.8, 4) is 29.1 Å². The molecular weight excluding hydrogens is 562 g/mol. The first-order chi connectivity index (χ1) is 20.3. The third-order valence-corrected chi connectivity index (χ3v) is 6.77. The molecule has 5 rings (SSSR count). The van der Waals surface area contributed by atoms with Crippen molar-refractivity contribution in [2.45, 2.75) is 12.5 Å². The zero-order chi connectivity index (χ0) is 29.8. The van der Waals surface area contributed by atoms with Crippen LogP contribution >= 0.6 is 11.6 Å². The molecule has 0 amide bonds. The van der Waals surface area contributed by atoms with Crippen LogP contribution in [0.2, 0.25) is 5.02 Å². The number of nitriles is 1. The van der Waals surface area contributed by atoms with E-state index < -0.39 is 16.8 Å². The van der Waals surface area contributed by atoms with Gasteiger partial charge in [-0.1, -0.05) is 41.9 Å². The van der Waals surface area contributed by atoms with Crippen molar-refractivity contribution in [2.75, 3.05) is 7.11 Å². The van der Waals surface area contributed by atoms with Gasteiger partial charge in [0.1, 0.15) is 29.7 Å². The summed E-state index contributed by atoms with van der Waals surface area (Å²) < 4.78 is 22.7. The largest absolute Gasteiger partial charge is 0.493 e. The number of nitrogens with two attached hydrogens (primary N) is 1. The molecule has 0 bridgehead atoms. The van der Waals surface area contributed by atoms with Crippen molar-refractivity contribution in [2.24, 2.45) is 5.73 Å². The highest BCUT2D eigenvalue weighted by atomic mass is 35.5. The van der Waals surface area contributed by atoms with E-state index in [9.17, 15) is 20.2 Å². The number of carbonyl (C=O) groups excluding carboxylic acids is 1. The van der Waals surface area contributed by atoms with Gasteiger partial charge in [0.25, 0.3) is 5.69 Å². The van der Waals surface area contributed by atoms with Gasteiger partial charge in [0.05, 0.1) is 23.5 Å². The number of methoxy groups -OCH3 is 1. The van der Waals surface area contributed by atoms with Crippen LogP contribution in [0.15, 0.2) is 96.4 Å². The summed E-state index contributed by atoms with van der Waals surface area (Å²) >= 11 is 5.96. The van der Waals surface area contributed by atoms with Gasteiger partial charge < -0.3 is 24.7 Å². The number of fused-ring (bicyclic) bond motifs is 1. The molecule has 1 aliphatic rings. The number of nitro benzene ring substituents is 1. The minimum Gasteiger partial charge on any atom is -0.493 e. The summed E-state index contributed by atoms with van der Waals surface area (Å²) in [7, 11) is 1.52. The highest BCUT2D eigenvalue weighted by Crippen LogP contribution is 2.45. The van der Waals surface area contributed by atoms with Gasteiger partial charge in [-0.15, -0.1) is 0 Å². The molecule has 4 aromatic rings. The van der Waals surface area contributed by atoms with Crippen molar-refractivity contribution in [1.82, 2.24) is 0 Å². The normalized spacial score (nSPS) is 13.8. The number of hydrogen-bond donors (Lipinski definition) is 1. The number of nitrogens with zero attached hydrogens (tertiary/aromatic N) is 2. The molecule has 0 saturated carbocycles. The van der Waals surface area contributed by atoms with E-state index in [4.69, 9.17) is 36.3 Å². The van der Waals surface area contributed by atoms with Crippen LogP contribution in [0.1, 0.15) is 33.0 Å². The number of hydrogen-bond acceptors (Lipinski definition) is 9. The molecule has 0 saturated heterocycles. The highest BCUT2D eigenvalue weighted by Gasteiger charge is 2.32. The van der Waals surface area contributed by atoms with E-state index in [1.165, 1.54) is 31.4 Å². The molecule has 1 atom stereocenters. The van der Waals surface area contributed by atoms with Crippen molar-refractivity contribution >= 4 is 23.3 Å². The van der Waals surface area contributed by atoms with Crippen molar-refractivity contribution in [3.63, 3.8) is 0 Å². The quantitative estimate of drug-likeness (QED) is 0.110. The molecule has 0 fully saturated rings. The SMILES string of the molecule is COc1cc(C2C(C#N)=C(N)Oc3cc(OC(=O)c4cccc([N+](=O)[O-])c4)ccc32)ccc1OCc1ccc(Cl)cc1. The fourth-order valence-electron chi connectivity index (χ4n) is 4.48. The summed E-state index contributed by atoms with van der Waals surface area (Å²) in [4.78, 5) is 23.1. The highest BCUT2D eigenvalue weighted by molar-refractivity contribution is 6.30. The Bertz CT molecular complexity index is 1760. The van der Waals surface area contributed by atoms with Crippen molar-refractivity contribution in [1.29, 1.82) is 5.26 Å². The average molecular weight is 584 g/mol. The number of non-ortho nitro benzene ring substituents is 1. The molecule has 0 aliphatic carbocycles. The number of esters is 1. The Morgan fingerprint density at radius 3 is 2.57 bits per heavy atom. The van der Waals surface area contributed by atoms with E-state index in [-0.39, 0.29) is 34.2 Å². The molecule has 0 aromatic heterocycles. The van der Waals surface area contributed by atoms with Crippen LogP contribution in [0, 0.1) is 21.4 Å². The van der Waals surface area contributed by atoms with Gasteiger partial charge in [-0.3, -0.25) is 10.1 Å². The Kier molecular flexibility index (Phi) is 7.95. The first kappa shape index (κ1) is 28.0. The Morgan fingerprint density at radius 1 is 1.07 bits per heavy atom. The maximum Gasteiger partial charge on any atom is 0.343 e. The maximum atomic E-state index is 12.7. The van der Waals surface area contributed by atoms with Gasteiger partial charge in [0.15, 0.2) is 11.5 Å². The summed E-state index contributed by atoms with van der Waals surface area (Å²) in [6.07, 6.45) is 0. The van der Waals surface area contributed by atoms with Crippen LogP contribution in [-0.4, -0.2) is 18.0 Å². The van der Waals surface area contributed by atoms with Crippen LogP contribution < -0.4 is 24.7 Å². The van der Waals surface area contributed by atoms with Crippen LogP contribution in [0.25, 0.3) is 0 Å². The minimum absolute atomic E-state index is 0.0114. The van der Waals surface area contributed by atoms with E-state index >= 15 is 0 Å². The summed E-state index contributed by atoms with van der Waals surface area (Å²) in [6, 6.07) is 24.6. The number of allylic oxidation sites excluding steroid dienone is 1. The third-order valence-electron chi connectivity index (χ3n) is 6.52. The maximum absolute atomic E-state index is 12.7. The lowest BCUT2D eigenvalue weighted by Gasteiger charge is -2.27. The summed E-state index contributed by atoms with van der Waals surface area (Å²) in [6.45, 7) is 0.293. The van der Waals surface area contributed by atoms with Gasteiger partial charge in [0, 0.05) is 28.8 Å². The van der Waals surface area contributed by atoms with Crippen LogP contribution in [0.3, 0.4) is 0 Å². The third kappa shape index (κ3) is 5.82. The number of carbonyl (C=O) groups is 1. The Hall–Kier alpha value is -5.53. The van der Waals surface area contributed by atoms with Crippen LogP contribution in [0.5, 0.6) is 23.0 Å². The van der Waals surface area contributed by atoms with E-state index in [0.29, 0.717) is 34.3 Å². The van der Waals surface area contributed by atoms with Gasteiger partial charge >= 0.3 is 5.97 Å². The van der Waals surface area contributed by atoms with E-state index in [0.717, 1.165) is 11.6 Å². The molecule has 1 aliphatic heterocycles. The predicted molar refractivity (Wildman–Crippen MR) is 153 cm³/mol. The second-order valence-electron chi connectivity index (χ2n) is 9.15. The monoisotopic (exact) mass is 583 g/mol. The molecule has 4 aromatic carbocycles. The number of ether oxygens (including phenoxy) is 4. The zero-order valence-corrected chi connectivity index (χ0v) is 22.8. The van der Waals surface area contributed by atoms with Crippen molar-refractivity contribution in [3.05, 3.63) is 134 Å². The first-order valence-corrected chi connectivity index (χ1v) is 12.9. The summed E-state index contributed by atoms with van der Waals surface area (Å²) in [5.74, 6) is -0.135. The molecule has 0 spiro atoms. The lowest BCUT2D eigenvalue weighted by molar-refractivity contribution is -0.384. The first-order valence-electron chi connectivity index (χ1n) is 12.5. The molecule has 42 heavy (non-hydrogen) atoms. The van der Waals surface area contributed by atoms with Gasteiger partial charge in [-0.05, 0) is 47.5 Å². The number of halogens is 1. The fraction of sp³-hybridized carbons (Fsp3) is 0.0968. The molecule has 10 nitrogen and oxygen atoms in total. The molecular formula is C31H22ClN3O7. The van der Waals surface area contributed by atoms with Gasteiger partial charge in [-0.25, -0.2) is 4.79 Å². The summed E-state index contributed by atoms with van der Waals surface area (Å²) in [5.41, 5.74) is 8.33. The topological polar surface area (TPSA) is 147 Å². The average Bonchev–Trinajstić information content (AvgIpc) is 3.00. The standard InChI is InChI=1S/C31H22ClN3O7/c1-39-28-14-19(7-12-26(28)40-17-18-5-8-21(32)9-6-18)29-24-11-10-23(15-27(24)42-30(34)25(29)16-33)41-31(36)20-3-2-4-22(13-20)35(37)38/h2-15,29H,17,34H2,1H3. The van der Waals surface area contributed by atoms with Crippen molar-refractivity contribution < 1.29 is 28.7 Å². The summed E-state index contributed by atoms with van der Waals surface area (Å²) in [5, 5.41) is 21.6. The number of rotatable bonds is 8.